The molecule has 0 atom stereocenters. The standard InChI is InChI=1S/C13H17ClN2O3/c1-8(2)10-6-9(7-11(14)16-10)13(19)15-5-3-4-12(17)18/h6-8H,3-5H2,1-2H3,(H,15,19)(H,17,18). The minimum absolute atomic E-state index is 0.0363. The van der Waals surface area contributed by atoms with E-state index in [-0.39, 0.29) is 23.4 Å². The van der Waals surface area contributed by atoms with Crippen LogP contribution in [0.2, 0.25) is 5.15 Å². The molecule has 1 aromatic rings. The number of amides is 1. The van der Waals surface area contributed by atoms with Crippen molar-refractivity contribution in [2.24, 2.45) is 0 Å². The number of halogens is 1. The third-order valence-corrected chi connectivity index (χ3v) is 2.71. The van der Waals surface area contributed by atoms with Gasteiger partial charge in [0.05, 0.1) is 0 Å². The van der Waals surface area contributed by atoms with Gasteiger partial charge < -0.3 is 10.4 Å². The van der Waals surface area contributed by atoms with Crippen LogP contribution in [0, 0.1) is 0 Å². The first kappa shape index (κ1) is 15.4. The lowest BCUT2D eigenvalue weighted by molar-refractivity contribution is -0.137. The van der Waals surface area contributed by atoms with Crippen LogP contribution in [0.5, 0.6) is 0 Å². The molecule has 0 aliphatic heterocycles. The number of rotatable bonds is 6. The van der Waals surface area contributed by atoms with E-state index in [2.05, 4.69) is 10.3 Å². The highest BCUT2D eigenvalue weighted by atomic mass is 35.5. The van der Waals surface area contributed by atoms with Crippen molar-refractivity contribution >= 4 is 23.5 Å². The molecule has 1 heterocycles. The summed E-state index contributed by atoms with van der Waals surface area (Å²) in [6, 6.07) is 3.20. The average Bonchev–Trinajstić information content (AvgIpc) is 2.33. The van der Waals surface area contributed by atoms with Gasteiger partial charge in [0.15, 0.2) is 0 Å². The number of carbonyl (C=O) groups is 2. The van der Waals surface area contributed by atoms with Gasteiger partial charge in [-0.15, -0.1) is 0 Å². The van der Waals surface area contributed by atoms with E-state index in [0.29, 0.717) is 18.5 Å². The number of carbonyl (C=O) groups excluding carboxylic acids is 1. The summed E-state index contributed by atoms with van der Waals surface area (Å²) in [4.78, 5) is 26.4. The second-order valence-electron chi connectivity index (χ2n) is 4.51. The van der Waals surface area contributed by atoms with Crippen molar-refractivity contribution in [3.05, 3.63) is 28.5 Å². The Morgan fingerprint density at radius 2 is 2.11 bits per heavy atom. The Morgan fingerprint density at radius 1 is 1.42 bits per heavy atom. The molecule has 19 heavy (non-hydrogen) atoms. The average molecular weight is 285 g/mol. The lowest BCUT2D eigenvalue weighted by Crippen LogP contribution is -2.25. The molecule has 0 aliphatic carbocycles. The fraction of sp³-hybridized carbons (Fsp3) is 0.462. The summed E-state index contributed by atoms with van der Waals surface area (Å²) in [7, 11) is 0. The van der Waals surface area contributed by atoms with Crippen LogP contribution in [0.25, 0.3) is 0 Å². The Morgan fingerprint density at radius 3 is 2.68 bits per heavy atom. The molecular formula is C13H17ClN2O3. The molecule has 0 fully saturated rings. The lowest BCUT2D eigenvalue weighted by Gasteiger charge is -2.09. The SMILES string of the molecule is CC(C)c1cc(C(=O)NCCCC(=O)O)cc(Cl)n1. The van der Waals surface area contributed by atoms with Crippen molar-refractivity contribution in [1.29, 1.82) is 0 Å². The normalized spacial score (nSPS) is 10.5. The first-order valence-corrected chi connectivity index (χ1v) is 6.45. The van der Waals surface area contributed by atoms with Crippen LogP contribution >= 0.6 is 11.6 Å². The lowest BCUT2D eigenvalue weighted by atomic mass is 10.1. The molecule has 0 unspecified atom stereocenters. The highest BCUT2D eigenvalue weighted by Gasteiger charge is 2.11. The number of nitrogens with zero attached hydrogens (tertiary/aromatic N) is 1. The van der Waals surface area contributed by atoms with Gasteiger partial charge in [-0.3, -0.25) is 9.59 Å². The minimum Gasteiger partial charge on any atom is -0.481 e. The van der Waals surface area contributed by atoms with Crippen LogP contribution in [0.3, 0.4) is 0 Å². The topological polar surface area (TPSA) is 79.3 Å². The quantitative estimate of drug-likeness (QED) is 0.621. The van der Waals surface area contributed by atoms with E-state index < -0.39 is 5.97 Å². The molecule has 0 bridgehead atoms. The zero-order chi connectivity index (χ0) is 14.4. The number of carboxylic acid groups (broad SMARTS) is 1. The van der Waals surface area contributed by atoms with Gasteiger partial charge in [-0.25, -0.2) is 4.98 Å². The number of aliphatic carboxylic acids is 1. The molecule has 1 amide bonds. The first-order valence-electron chi connectivity index (χ1n) is 6.07. The van der Waals surface area contributed by atoms with Crippen molar-refractivity contribution < 1.29 is 14.7 Å². The fourth-order valence-electron chi connectivity index (χ4n) is 1.49. The highest BCUT2D eigenvalue weighted by molar-refractivity contribution is 6.29. The molecule has 2 N–H and O–H groups in total. The third kappa shape index (κ3) is 5.26. The molecule has 0 radical (unpaired) electrons. The Balaban J connectivity index is 2.64. The van der Waals surface area contributed by atoms with Crippen molar-refractivity contribution in [3.63, 3.8) is 0 Å². The largest absolute Gasteiger partial charge is 0.481 e. The fourth-order valence-corrected chi connectivity index (χ4v) is 1.70. The molecule has 0 saturated heterocycles. The summed E-state index contributed by atoms with van der Waals surface area (Å²) in [5.41, 5.74) is 1.20. The second-order valence-corrected chi connectivity index (χ2v) is 4.90. The zero-order valence-electron chi connectivity index (χ0n) is 10.9. The maximum Gasteiger partial charge on any atom is 0.303 e. The Hall–Kier alpha value is -1.62. The summed E-state index contributed by atoms with van der Waals surface area (Å²) in [6.45, 7) is 4.25. The smallest absolute Gasteiger partial charge is 0.303 e. The highest BCUT2D eigenvalue weighted by Crippen LogP contribution is 2.17. The van der Waals surface area contributed by atoms with Gasteiger partial charge in [0.2, 0.25) is 0 Å². The van der Waals surface area contributed by atoms with E-state index in [1.165, 1.54) is 6.07 Å². The Labute approximate surface area is 117 Å². The van der Waals surface area contributed by atoms with Gasteiger partial charge in [0.1, 0.15) is 5.15 Å². The van der Waals surface area contributed by atoms with Gasteiger partial charge in [0, 0.05) is 24.2 Å². The van der Waals surface area contributed by atoms with E-state index in [0.717, 1.165) is 5.69 Å². The van der Waals surface area contributed by atoms with Crippen LogP contribution in [-0.4, -0.2) is 28.5 Å². The summed E-state index contributed by atoms with van der Waals surface area (Å²) in [5.74, 6) is -0.961. The Kier molecular flexibility index (Phi) is 5.76. The van der Waals surface area contributed by atoms with Crippen molar-refractivity contribution in [2.75, 3.05) is 6.54 Å². The van der Waals surface area contributed by atoms with Gasteiger partial charge in [-0.1, -0.05) is 25.4 Å². The number of hydrogen-bond donors (Lipinski definition) is 2. The Bertz CT molecular complexity index is 475. The molecule has 0 aliphatic rings. The van der Waals surface area contributed by atoms with Crippen LogP contribution in [0.1, 0.15) is 48.7 Å². The molecule has 0 spiro atoms. The minimum atomic E-state index is -0.872. The molecule has 6 heteroatoms. The molecule has 1 aromatic heterocycles. The predicted octanol–water partition coefficient (Wildman–Crippen LogP) is 2.45. The van der Waals surface area contributed by atoms with Crippen molar-refractivity contribution in [2.45, 2.75) is 32.6 Å². The van der Waals surface area contributed by atoms with Gasteiger partial charge in [0.25, 0.3) is 5.91 Å². The first-order chi connectivity index (χ1) is 8.90. The van der Waals surface area contributed by atoms with Crippen molar-refractivity contribution in [1.82, 2.24) is 10.3 Å². The molecule has 0 saturated carbocycles. The maximum absolute atomic E-state index is 11.9. The molecular weight excluding hydrogens is 268 g/mol. The third-order valence-electron chi connectivity index (χ3n) is 2.52. The van der Waals surface area contributed by atoms with E-state index >= 15 is 0 Å². The van der Waals surface area contributed by atoms with Crippen LogP contribution in [0.15, 0.2) is 12.1 Å². The van der Waals surface area contributed by atoms with Gasteiger partial charge in [-0.05, 0) is 24.5 Å². The monoisotopic (exact) mass is 284 g/mol. The molecule has 1 rings (SSSR count). The van der Waals surface area contributed by atoms with E-state index in [1.807, 2.05) is 13.8 Å². The van der Waals surface area contributed by atoms with Gasteiger partial charge >= 0.3 is 5.97 Å². The van der Waals surface area contributed by atoms with Crippen LogP contribution in [0.4, 0.5) is 0 Å². The summed E-state index contributed by atoms with van der Waals surface area (Å²) in [6.07, 6.45) is 0.436. The van der Waals surface area contributed by atoms with E-state index in [9.17, 15) is 9.59 Å². The number of aromatic nitrogens is 1. The van der Waals surface area contributed by atoms with Crippen LogP contribution in [-0.2, 0) is 4.79 Å². The number of carboxylic acids is 1. The molecule has 104 valence electrons. The zero-order valence-corrected chi connectivity index (χ0v) is 11.7. The second kappa shape index (κ2) is 7.09. The predicted molar refractivity (Wildman–Crippen MR) is 72.5 cm³/mol. The summed E-state index contributed by atoms with van der Waals surface area (Å²) >= 11 is 5.87. The van der Waals surface area contributed by atoms with E-state index in [1.54, 1.807) is 6.07 Å². The maximum atomic E-state index is 11.9. The van der Waals surface area contributed by atoms with Crippen LogP contribution < -0.4 is 5.32 Å². The number of nitrogens with one attached hydrogen (secondary N) is 1. The van der Waals surface area contributed by atoms with Gasteiger partial charge in [-0.2, -0.15) is 0 Å². The summed E-state index contributed by atoms with van der Waals surface area (Å²) < 4.78 is 0. The number of hydrogen-bond acceptors (Lipinski definition) is 3. The summed E-state index contributed by atoms with van der Waals surface area (Å²) in [5, 5.41) is 11.4. The number of pyridine rings is 1. The molecule has 0 aromatic carbocycles. The van der Waals surface area contributed by atoms with Crippen molar-refractivity contribution in [3.8, 4) is 0 Å². The van der Waals surface area contributed by atoms with E-state index in [4.69, 9.17) is 16.7 Å². The molecule has 5 nitrogen and oxygen atoms in total.